The van der Waals surface area contributed by atoms with E-state index < -0.39 is 6.17 Å². The highest BCUT2D eigenvalue weighted by molar-refractivity contribution is 6.17. The molecule has 0 spiro atoms. The Labute approximate surface area is 125 Å². The standard InChI is InChI=1S/C16H24ClFN2/c17-14-20-11-8-19(9-12-20,10-13-20)7-6-16(18)15-4-2-1-3-5-15/h1-5,16H,6-14H2/q+2. The van der Waals surface area contributed by atoms with E-state index in [9.17, 15) is 4.39 Å². The number of piperazine rings is 3. The molecule has 0 aliphatic carbocycles. The van der Waals surface area contributed by atoms with Crippen molar-refractivity contribution in [1.29, 1.82) is 0 Å². The Morgan fingerprint density at radius 3 is 2.05 bits per heavy atom. The molecule has 0 N–H and O–H groups in total. The summed E-state index contributed by atoms with van der Waals surface area (Å²) >= 11 is 6.12. The van der Waals surface area contributed by atoms with Crippen LogP contribution in [0.1, 0.15) is 18.2 Å². The molecular weight excluding hydrogens is 275 g/mol. The largest absolute Gasteiger partial charge is 0.310 e. The average Bonchev–Trinajstić information content (AvgIpc) is 2.55. The van der Waals surface area contributed by atoms with Crippen LogP contribution in [-0.4, -0.2) is 60.8 Å². The molecule has 2 bridgehead atoms. The molecule has 4 rings (SSSR count). The summed E-state index contributed by atoms with van der Waals surface area (Å²) in [5.41, 5.74) is 0.825. The maximum Gasteiger partial charge on any atom is 0.155 e. The lowest BCUT2D eigenvalue weighted by molar-refractivity contribution is -1.08. The molecule has 3 fully saturated rings. The fourth-order valence-corrected chi connectivity index (χ4v) is 4.03. The van der Waals surface area contributed by atoms with Crippen molar-refractivity contribution in [3.8, 4) is 0 Å². The number of rotatable bonds is 5. The number of hydrogen-bond acceptors (Lipinski definition) is 0. The van der Waals surface area contributed by atoms with Gasteiger partial charge >= 0.3 is 0 Å². The Balaban J connectivity index is 1.57. The van der Waals surface area contributed by atoms with Crippen molar-refractivity contribution in [2.75, 3.05) is 51.8 Å². The van der Waals surface area contributed by atoms with Gasteiger partial charge in [0.1, 0.15) is 45.4 Å². The Morgan fingerprint density at radius 2 is 1.50 bits per heavy atom. The van der Waals surface area contributed by atoms with E-state index in [4.69, 9.17) is 11.6 Å². The quantitative estimate of drug-likeness (QED) is 0.445. The van der Waals surface area contributed by atoms with Crippen molar-refractivity contribution in [2.24, 2.45) is 0 Å². The van der Waals surface area contributed by atoms with E-state index in [1.54, 1.807) is 0 Å². The molecule has 20 heavy (non-hydrogen) atoms. The van der Waals surface area contributed by atoms with E-state index in [1.165, 1.54) is 39.3 Å². The lowest BCUT2D eigenvalue weighted by atomic mass is 10.0. The van der Waals surface area contributed by atoms with E-state index in [-0.39, 0.29) is 0 Å². The maximum absolute atomic E-state index is 14.3. The smallest absolute Gasteiger partial charge is 0.155 e. The van der Waals surface area contributed by atoms with Gasteiger partial charge in [0.2, 0.25) is 0 Å². The molecule has 0 radical (unpaired) electrons. The first-order valence-electron chi connectivity index (χ1n) is 7.62. The number of benzene rings is 1. The van der Waals surface area contributed by atoms with Gasteiger partial charge in [-0.1, -0.05) is 41.9 Å². The van der Waals surface area contributed by atoms with Gasteiger partial charge in [0.15, 0.2) is 6.00 Å². The van der Waals surface area contributed by atoms with Crippen LogP contribution in [0.5, 0.6) is 0 Å². The van der Waals surface area contributed by atoms with Crippen molar-refractivity contribution in [1.82, 2.24) is 0 Å². The molecule has 3 aliphatic heterocycles. The summed E-state index contributed by atoms with van der Waals surface area (Å²) in [6.07, 6.45) is -0.176. The highest BCUT2D eigenvalue weighted by Crippen LogP contribution is 2.30. The molecule has 2 nitrogen and oxygen atoms in total. The summed E-state index contributed by atoms with van der Waals surface area (Å²) in [6.45, 7) is 8.01. The van der Waals surface area contributed by atoms with E-state index in [1.807, 2.05) is 30.3 Å². The van der Waals surface area contributed by atoms with Gasteiger partial charge < -0.3 is 4.48 Å². The Morgan fingerprint density at radius 1 is 0.950 bits per heavy atom. The van der Waals surface area contributed by atoms with Crippen LogP contribution in [0, 0.1) is 0 Å². The molecule has 4 heteroatoms. The molecule has 1 unspecified atom stereocenters. The van der Waals surface area contributed by atoms with Crippen LogP contribution in [0.15, 0.2) is 30.3 Å². The second kappa shape index (κ2) is 5.63. The third kappa shape index (κ3) is 2.72. The molecule has 3 aliphatic rings. The second-order valence-electron chi connectivity index (χ2n) is 6.53. The topological polar surface area (TPSA) is 0 Å². The fourth-order valence-electron chi connectivity index (χ4n) is 3.67. The van der Waals surface area contributed by atoms with Crippen LogP contribution < -0.4 is 0 Å². The van der Waals surface area contributed by atoms with Crippen molar-refractivity contribution in [3.63, 3.8) is 0 Å². The zero-order chi connectivity index (χ0) is 14.1. The van der Waals surface area contributed by atoms with Crippen LogP contribution in [-0.2, 0) is 0 Å². The van der Waals surface area contributed by atoms with E-state index in [2.05, 4.69) is 0 Å². The lowest BCUT2D eigenvalue weighted by Crippen LogP contribution is -2.74. The minimum Gasteiger partial charge on any atom is -0.310 e. The van der Waals surface area contributed by atoms with Gasteiger partial charge in [-0.3, -0.25) is 4.48 Å². The summed E-state index contributed by atoms with van der Waals surface area (Å²) in [5, 5.41) is 0. The van der Waals surface area contributed by atoms with Gasteiger partial charge in [-0.2, -0.15) is 0 Å². The number of fused-ring (bicyclic) bond motifs is 3. The Hall–Kier alpha value is -0.640. The molecule has 1 atom stereocenters. The molecule has 3 saturated heterocycles. The molecule has 1 aromatic carbocycles. The number of alkyl halides is 2. The summed E-state index contributed by atoms with van der Waals surface area (Å²) in [4.78, 5) is 0. The zero-order valence-electron chi connectivity index (χ0n) is 12.0. The molecular formula is C16H24ClFN2+2. The predicted octanol–water partition coefficient (Wildman–Crippen LogP) is 2.94. The molecule has 0 amide bonds. The highest BCUT2D eigenvalue weighted by Gasteiger charge is 2.48. The summed E-state index contributed by atoms with van der Waals surface area (Å²) in [5.74, 6) is 0. The average molecular weight is 299 g/mol. The molecule has 1 aromatic rings. The minimum atomic E-state index is -0.820. The normalized spacial score (nSPS) is 34.1. The van der Waals surface area contributed by atoms with Crippen molar-refractivity contribution < 1.29 is 13.4 Å². The second-order valence-corrected chi connectivity index (χ2v) is 6.77. The number of halogens is 2. The van der Waals surface area contributed by atoms with Gasteiger partial charge in [-0.05, 0) is 5.56 Å². The third-order valence-corrected chi connectivity index (χ3v) is 5.92. The maximum atomic E-state index is 14.3. The van der Waals surface area contributed by atoms with Crippen molar-refractivity contribution in [2.45, 2.75) is 12.6 Å². The van der Waals surface area contributed by atoms with Crippen LogP contribution in [0.3, 0.4) is 0 Å². The Kier molecular flexibility index (Phi) is 4.02. The van der Waals surface area contributed by atoms with E-state index in [0.29, 0.717) is 6.42 Å². The molecule has 0 aromatic heterocycles. The van der Waals surface area contributed by atoms with Gasteiger partial charge in [-0.15, -0.1) is 0 Å². The SMILES string of the molecule is FC(CC[N+]12CC[N+](CCl)(CC1)CC2)c1ccccc1. The minimum absolute atomic E-state index is 0.644. The fraction of sp³-hybridized carbons (Fsp3) is 0.625. The van der Waals surface area contributed by atoms with Gasteiger partial charge in [0.25, 0.3) is 0 Å². The van der Waals surface area contributed by atoms with Crippen LogP contribution in [0.4, 0.5) is 4.39 Å². The van der Waals surface area contributed by atoms with Gasteiger partial charge in [-0.25, -0.2) is 4.39 Å². The predicted molar refractivity (Wildman–Crippen MR) is 80.2 cm³/mol. The first-order valence-corrected chi connectivity index (χ1v) is 8.16. The summed E-state index contributed by atoms with van der Waals surface area (Å²) in [7, 11) is 0. The van der Waals surface area contributed by atoms with E-state index >= 15 is 0 Å². The van der Waals surface area contributed by atoms with Crippen LogP contribution in [0.25, 0.3) is 0 Å². The third-order valence-electron chi connectivity index (χ3n) is 5.42. The lowest BCUT2D eigenvalue weighted by Gasteiger charge is -2.55. The van der Waals surface area contributed by atoms with Gasteiger partial charge in [0, 0.05) is 6.42 Å². The highest BCUT2D eigenvalue weighted by atomic mass is 35.5. The zero-order valence-corrected chi connectivity index (χ0v) is 12.7. The monoisotopic (exact) mass is 298 g/mol. The Bertz CT molecular complexity index is 427. The summed E-state index contributed by atoms with van der Waals surface area (Å²) < 4.78 is 16.5. The summed E-state index contributed by atoms with van der Waals surface area (Å²) in [6, 6.07) is 10.3. The number of hydrogen-bond donors (Lipinski definition) is 0. The van der Waals surface area contributed by atoms with Crippen molar-refractivity contribution in [3.05, 3.63) is 35.9 Å². The van der Waals surface area contributed by atoms with Crippen LogP contribution >= 0.6 is 11.6 Å². The molecule has 110 valence electrons. The first-order chi connectivity index (χ1) is 9.67. The van der Waals surface area contributed by atoms with Crippen LogP contribution in [0.2, 0.25) is 0 Å². The van der Waals surface area contributed by atoms with E-state index in [0.717, 1.165) is 27.1 Å². The first kappa shape index (κ1) is 14.3. The molecule has 3 heterocycles. The number of quaternary nitrogens is 2. The number of nitrogens with zero attached hydrogens (tertiary/aromatic N) is 2. The van der Waals surface area contributed by atoms with Gasteiger partial charge in [0.05, 0.1) is 6.54 Å². The molecule has 0 saturated carbocycles. The van der Waals surface area contributed by atoms with Crippen molar-refractivity contribution >= 4 is 11.6 Å².